The highest BCUT2D eigenvalue weighted by atomic mass is 16.5. The molecular weight excluding hydrogens is 238 g/mol. The second-order valence-electron chi connectivity index (χ2n) is 5.45. The predicted octanol–water partition coefficient (Wildman–Crippen LogP) is 3.48. The lowest BCUT2D eigenvalue weighted by Gasteiger charge is -2.20. The summed E-state index contributed by atoms with van der Waals surface area (Å²) in [7, 11) is 1.63. The minimum Gasteiger partial charge on any atom is -0.481 e. The van der Waals surface area contributed by atoms with Crippen molar-refractivity contribution in [1.29, 1.82) is 0 Å². The first kappa shape index (κ1) is 12.5. The molecule has 0 radical (unpaired) electrons. The van der Waals surface area contributed by atoms with Gasteiger partial charge in [-0.1, -0.05) is 32.1 Å². The van der Waals surface area contributed by atoms with E-state index in [0.29, 0.717) is 5.88 Å². The zero-order valence-electron chi connectivity index (χ0n) is 11.5. The number of aryl methyl sites for hydroxylation is 1. The molecule has 0 unspecified atom stereocenters. The van der Waals surface area contributed by atoms with Crippen LogP contribution in [0.15, 0.2) is 12.1 Å². The SMILES string of the molecule is COc1ccc2[nH]c(CCC3CCCCC3)nc2n1. The van der Waals surface area contributed by atoms with E-state index >= 15 is 0 Å². The Balaban J connectivity index is 1.67. The van der Waals surface area contributed by atoms with Gasteiger partial charge in [0.25, 0.3) is 0 Å². The van der Waals surface area contributed by atoms with Gasteiger partial charge in [0.15, 0.2) is 5.65 Å². The zero-order chi connectivity index (χ0) is 13.1. The standard InChI is InChI=1S/C15H21N3O/c1-19-14-10-8-12-15(18-14)17-13(16-12)9-7-11-5-3-2-4-6-11/h8,10-11H,2-7,9H2,1H3,(H,16,17,18). The Morgan fingerprint density at radius 3 is 2.84 bits per heavy atom. The predicted molar refractivity (Wildman–Crippen MR) is 75.3 cm³/mol. The number of fused-ring (bicyclic) bond motifs is 1. The smallest absolute Gasteiger partial charge is 0.215 e. The molecule has 1 fully saturated rings. The number of pyridine rings is 1. The molecule has 102 valence electrons. The van der Waals surface area contributed by atoms with Crippen molar-refractivity contribution in [2.75, 3.05) is 7.11 Å². The summed E-state index contributed by atoms with van der Waals surface area (Å²) in [5, 5.41) is 0. The maximum atomic E-state index is 5.12. The molecule has 2 aromatic rings. The van der Waals surface area contributed by atoms with E-state index in [1.165, 1.54) is 38.5 Å². The van der Waals surface area contributed by atoms with E-state index in [0.717, 1.165) is 29.3 Å². The number of nitrogens with zero attached hydrogens (tertiary/aromatic N) is 2. The van der Waals surface area contributed by atoms with Gasteiger partial charge in [0, 0.05) is 12.5 Å². The van der Waals surface area contributed by atoms with Crippen LogP contribution in [0.5, 0.6) is 5.88 Å². The van der Waals surface area contributed by atoms with Crippen LogP contribution < -0.4 is 4.74 Å². The third kappa shape index (κ3) is 2.88. The second kappa shape index (κ2) is 5.59. The summed E-state index contributed by atoms with van der Waals surface area (Å²) in [5.74, 6) is 2.57. The Morgan fingerprint density at radius 2 is 2.05 bits per heavy atom. The fourth-order valence-electron chi connectivity index (χ4n) is 2.97. The fourth-order valence-corrected chi connectivity index (χ4v) is 2.97. The molecule has 2 aromatic heterocycles. The van der Waals surface area contributed by atoms with Crippen LogP contribution in [0.25, 0.3) is 11.2 Å². The summed E-state index contributed by atoms with van der Waals surface area (Å²) in [6, 6.07) is 3.85. The van der Waals surface area contributed by atoms with Crippen LogP contribution in [-0.2, 0) is 6.42 Å². The summed E-state index contributed by atoms with van der Waals surface area (Å²) >= 11 is 0. The first-order valence-electron chi connectivity index (χ1n) is 7.25. The summed E-state index contributed by atoms with van der Waals surface area (Å²) in [6.07, 6.45) is 9.30. The lowest BCUT2D eigenvalue weighted by Crippen LogP contribution is -2.07. The molecule has 0 aromatic carbocycles. The molecule has 1 aliphatic rings. The first-order chi connectivity index (χ1) is 9.35. The maximum absolute atomic E-state index is 5.12. The molecular formula is C15H21N3O. The van der Waals surface area contributed by atoms with Crippen LogP contribution in [0.3, 0.4) is 0 Å². The highest BCUT2D eigenvalue weighted by Crippen LogP contribution is 2.27. The Hall–Kier alpha value is -1.58. The third-order valence-corrected chi connectivity index (χ3v) is 4.09. The minimum atomic E-state index is 0.623. The highest BCUT2D eigenvalue weighted by molar-refractivity contribution is 5.71. The number of rotatable bonds is 4. The molecule has 0 spiro atoms. The molecule has 3 rings (SSSR count). The van der Waals surface area contributed by atoms with Gasteiger partial charge in [-0.15, -0.1) is 0 Å². The number of ether oxygens (including phenoxy) is 1. The van der Waals surface area contributed by atoms with Gasteiger partial charge in [0.1, 0.15) is 5.82 Å². The molecule has 1 N–H and O–H groups in total. The monoisotopic (exact) mass is 259 g/mol. The molecule has 0 atom stereocenters. The number of aromatic nitrogens is 3. The third-order valence-electron chi connectivity index (χ3n) is 4.09. The number of H-pyrrole nitrogens is 1. The minimum absolute atomic E-state index is 0.623. The molecule has 1 aliphatic carbocycles. The number of methoxy groups -OCH3 is 1. The normalized spacial score (nSPS) is 16.9. The second-order valence-corrected chi connectivity index (χ2v) is 5.45. The van der Waals surface area contributed by atoms with Crippen LogP contribution >= 0.6 is 0 Å². The van der Waals surface area contributed by atoms with E-state index in [9.17, 15) is 0 Å². The average Bonchev–Trinajstić information content (AvgIpc) is 2.88. The van der Waals surface area contributed by atoms with Crippen LogP contribution in [-0.4, -0.2) is 22.1 Å². The van der Waals surface area contributed by atoms with Gasteiger partial charge in [0.05, 0.1) is 12.6 Å². The molecule has 19 heavy (non-hydrogen) atoms. The van der Waals surface area contributed by atoms with Crippen molar-refractivity contribution < 1.29 is 4.74 Å². The topological polar surface area (TPSA) is 50.8 Å². The van der Waals surface area contributed by atoms with Gasteiger partial charge < -0.3 is 9.72 Å². The van der Waals surface area contributed by atoms with E-state index in [1.54, 1.807) is 7.11 Å². The average molecular weight is 259 g/mol. The van der Waals surface area contributed by atoms with Crippen LogP contribution in [0.4, 0.5) is 0 Å². The van der Waals surface area contributed by atoms with Crippen molar-refractivity contribution in [3.8, 4) is 5.88 Å². The van der Waals surface area contributed by atoms with Crippen molar-refractivity contribution in [2.45, 2.75) is 44.9 Å². The van der Waals surface area contributed by atoms with E-state index in [-0.39, 0.29) is 0 Å². The fraction of sp³-hybridized carbons (Fsp3) is 0.600. The molecule has 0 amide bonds. The van der Waals surface area contributed by atoms with Gasteiger partial charge in [-0.05, 0) is 18.4 Å². The number of hydrogen-bond acceptors (Lipinski definition) is 3. The molecule has 4 nitrogen and oxygen atoms in total. The molecule has 0 aliphatic heterocycles. The Labute approximate surface area is 113 Å². The summed E-state index contributed by atoms with van der Waals surface area (Å²) < 4.78 is 5.12. The number of nitrogens with one attached hydrogen (secondary N) is 1. The van der Waals surface area contributed by atoms with E-state index < -0.39 is 0 Å². The van der Waals surface area contributed by atoms with Crippen molar-refractivity contribution >= 4 is 11.2 Å². The first-order valence-corrected chi connectivity index (χ1v) is 7.25. The number of aromatic amines is 1. The summed E-state index contributed by atoms with van der Waals surface area (Å²) in [5.41, 5.74) is 1.76. The zero-order valence-corrected chi connectivity index (χ0v) is 11.5. The van der Waals surface area contributed by atoms with Crippen LogP contribution in [0.2, 0.25) is 0 Å². The number of imidazole rings is 1. The lowest BCUT2D eigenvalue weighted by atomic mass is 9.86. The Kier molecular flexibility index (Phi) is 3.67. The van der Waals surface area contributed by atoms with Gasteiger partial charge in [-0.25, -0.2) is 4.98 Å². The maximum Gasteiger partial charge on any atom is 0.215 e. The summed E-state index contributed by atoms with van der Waals surface area (Å²) in [4.78, 5) is 12.3. The molecule has 2 heterocycles. The lowest BCUT2D eigenvalue weighted by molar-refractivity contribution is 0.337. The van der Waals surface area contributed by atoms with Crippen molar-refractivity contribution in [1.82, 2.24) is 15.0 Å². The van der Waals surface area contributed by atoms with E-state index in [2.05, 4.69) is 15.0 Å². The van der Waals surface area contributed by atoms with E-state index in [4.69, 9.17) is 4.74 Å². The van der Waals surface area contributed by atoms with Gasteiger partial charge in [-0.2, -0.15) is 4.98 Å². The van der Waals surface area contributed by atoms with Crippen molar-refractivity contribution in [3.05, 3.63) is 18.0 Å². The van der Waals surface area contributed by atoms with Gasteiger partial charge >= 0.3 is 0 Å². The quantitative estimate of drug-likeness (QED) is 0.914. The Morgan fingerprint density at radius 1 is 1.21 bits per heavy atom. The largest absolute Gasteiger partial charge is 0.481 e. The van der Waals surface area contributed by atoms with Crippen molar-refractivity contribution in [2.24, 2.45) is 5.92 Å². The van der Waals surface area contributed by atoms with Gasteiger partial charge in [0.2, 0.25) is 5.88 Å². The highest BCUT2D eigenvalue weighted by Gasteiger charge is 2.14. The van der Waals surface area contributed by atoms with E-state index in [1.807, 2.05) is 12.1 Å². The molecule has 0 saturated heterocycles. The molecule has 0 bridgehead atoms. The van der Waals surface area contributed by atoms with Crippen LogP contribution in [0.1, 0.15) is 44.3 Å². The van der Waals surface area contributed by atoms with Crippen LogP contribution in [0, 0.1) is 5.92 Å². The summed E-state index contributed by atoms with van der Waals surface area (Å²) in [6.45, 7) is 0. The Bertz CT molecular complexity index is 543. The van der Waals surface area contributed by atoms with Gasteiger partial charge in [-0.3, -0.25) is 0 Å². The molecule has 4 heteroatoms. The van der Waals surface area contributed by atoms with Crippen molar-refractivity contribution in [3.63, 3.8) is 0 Å². The number of hydrogen-bond donors (Lipinski definition) is 1. The molecule has 1 saturated carbocycles.